The van der Waals surface area contributed by atoms with Gasteiger partial charge in [-0.15, -0.1) is 0 Å². The van der Waals surface area contributed by atoms with E-state index in [1.165, 1.54) is 5.56 Å². The molecule has 1 rings (SSSR count). The molecule has 1 N–H and O–H groups in total. The van der Waals surface area contributed by atoms with Crippen molar-refractivity contribution in [2.75, 3.05) is 27.2 Å². The lowest BCUT2D eigenvalue weighted by molar-refractivity contribution is 0.351. The van der Waals surface area contributed by atoms with Gasteiger partial charge in [-0.05, 0) is 51.7 Å². The number of rotatable bonds is 6. The number of benzene rings is 1. The van der Waals surface area contributed by atoms with Crippen molar-refractivity contribution in [1.29, 1.82) is 0 Å². The topological polar surface area (TPSA) is 15.3 Å². The van der Waals surface area contributed by atoms with Gasteiger partial charge in [-0.25, -0.2) is 0 Å². The highest BCUT2D eigenvalue weighted by Gasteiger charge is 2.01. The van der Waals surface area contributed by atoms with Crippen LogP contribution in [0, 0.1) is 0 Å². The molecule has 0 aliphatic heterocycles. The summed E-state index contributed by atoms with van der Waals surface area (Å²) in [5.41, 5.74) is 1.38. The largest absolute Gasteiger partial charge is 0.313 e. The summed E-state index contributed by atoms with van der Waals surface area (Å²) in [4.78, 5) is 2.21. The summed E-state index contributed by atoms with van der Waals surface area (Å²) in [6, 6.07) is 9.08. The molecular weight excluding hydrogens is 264 g/mol. The fraction of sp³-hybridized carbons (Fsp3) is 0.538. The van der Waals surface area contributed by atoms with Gasteiger partial charge in [0.25, 0.3) is 0 Å². The molecule has 1 atom stereocenters. The maximum Gasteiger partial charge on any atom is 0.0175 e. The Hall–Kier alpha value is -0.380. The molecule has 3 heteroatoms. The van der Waals surface area contributed by atoms with Crippen molar-refractivity contribution in [3.8, 4) is 0 Å². The van der Waals surface area contributed by atoms with Crippen LogP contribution < -0.4 is 5.32 Å². The third-order valence-corrected chi connectivity index (χ3v) is 2.99. The minimum Gasteiger partial charge on any atom is -0.313 e. The van der Waals surface area contributed by atoms with Crippen LogP contribution in [0.15, 0.2) is 28.7 Å². The molecule has 1 aromatic carbocycles. The monoisotopic (exact) mass is 284 g/mol. The molecule has 0 aliphatic carbocycles. The van der Waals surface area contributed by atoms with Crippen LogP contribution in [0.2, 0.25) is 0 Å². The van der Waals surface area contributed by atoms with Crippen molar-refractivity contribution in [1.82, 2.24) is 10.2 Å². The summed E-state index contributed by atoms with van der Waals surface area (Å²) in [6.45, 7) is 4.35. The van der Waals surface area contributed by atoms with Gasteiger partial charge in [-0.1, -0.05) is 28.1 Å². The number of hydrogen-bond acceptors (Lipinski definition) is 2. The molecular formula is C13H21BrN2. The van der Waals surface area contributed by atoms with E-state index in [0.29, 0.717) is 6.04 Å². The van der Waals surface area contributed by atoms with Gasteiger partial charge in [-0.2, -0.15) is 0 Å². The Morgan fingerprint density at radius 1 is 1.25 bits per heavy atom. The normalized spacial score (nSPS) is 13.1. The van der Waals surface area contributed by atoms with Gasteiger partial charge in [0.15, 0.2) is 0 Å². The maximum atomic E-state index is 3.52. The van der Waals surface area contributed by atoms with Gasteiger partial charge < -0.3 is 10.2 Å². The summed E-state index contributed by atoms with van der Waals surface area (Å²) in [6.07, 6.45) is 1.09. The Morgan fingerprint density at radius 3 is 2.44 bits per heavy atom. The lowest BCUT2D eigenvalue weighted by atomic mass is 10.1. The van der Waals surface area contributed by atoms with E-state index in [2.05, 4.69) is 71.4 Å². The first kappa shape index (κ1) is 13.7. The Kier molecular flexibility index (Phi) is 6.03. The van der Waals surface area contributed by atoms with E-state index in [0.717, 1.165) is 24.0 Å². The fourth-order valence-corrected chi connectivity index (χ4v) is 1.99. The summed E-state index contributed by atoms with van der Waals surface area (Å²) in [5.74, 6) is 0. The number of hydrogen-bond donors (Lipinski definition) is 1. The van der Waals surface area contributed by atoms with E-state index in [1.54, 1.807) is 0 Å². The maximum absolute atomic E-state index is 3.52. The Morgan fingerprint density at radius 2 is 1.88 bits per heavy atom. The summed E-state index contributed by atoms with van der Waals surface area (Å²) >= 11 is 3.44. The minimum atomic E-state index is 0.547. The average molecular weight is 285 g/mol. The zero-order valence-corrected chi connectivity index (χ0v) is 11.9. The third kappa shape index (κ3) is 5.64. The third-order valence-electron chi connectivity index (χ3n) is 2.46. The van der Waals surface area contributed by atoms with Gasteiger partial charge in [0.2, 0.25) is 0 Å². The zero-order valence-electron chi connectivity index (χ0n) is 10.3. The van der Waals surface area contributed by atoms with Crippen molar-refractivity contribution < 1.29 is 0 Å². The molecule has 0 amide bonds. The Bertz CT molecular complexity index is 295. The smallest absolute Gasteiger partial charge is 0.0175 e. The van der Waals surface area contributed by atoms with Crippen LogP contribution in [0.1, 0.15) is 12.5 Å². The predicted octanol–water partition coefficient (Wildman–Crippen LogP) is 2.53. The molecule has 0 saturated heterocycles. The second-order valence-electron chi connectivity index (χ2n) is 4.49. The highest BCUT2D eigenvalue weighted by Crippen LogP contribution is 2.10. The van der Waals surface area contributed by atoms with Crippen molar-refractivity contribution in [2.45, 2.75) is 19.4 Å². The van der Waals surface area contributed by atoms with Crippen molar-refractivity contribution >= 4 is 15.9 Å². The van der Waals surface area contributed by atoms with Crippen LogP contribution in [-0.4, -0.2) is 38.1 Å². The lowest BCUT2D eigenvalue weighted by Crippen LogP contribution is -2.36. The second-order valence-corrected chi connectivity index (χ2v) is 5.41. The fourth-order valence-electron chi connectivity index (χ4n) is 1.73. The SMILES string of the molecule is CC(CN(C)C)NCCc1ccc(Br)cc1. The molecule has 0 fully saturated rings. The van der Waals surface area contributed by atoms with E-state index < -0.39 is 0 Å². The van der Waals surface area contributed by atoms with Crippen LogP contribution in [-0.2, 0) is 6.42 Å². The molecule has 0 aromatic heterocycles. The van der Waals surface area contributed by atoms with E-state index in [-0.39, 0.29) is 0 Å². The van der Waals surface area contributed by atoms with Gasteiger partial charge in [0.05, 0.1) is 0 Å². The average Bonchev–Trinajstić information content (AvgIpc) is 2.20. The first-order chi connectivity index (χ1) is 7.58. The quantitative estimate of drug-likeness (QED) is 0.864. The van der Waals surface area contributed by atoms with Crippen molar-refractivity contribution in [3.63, 3.8) is 0 Å². The number of nitrogens with one attached hydrogen (secondary N) is 1. The molecule has 2 nitrogen and oxygen atoms in total. The second kappa shape index (κ2) is 7.05. The zero-order chi connectivity index (χ0) is 12.0. The summed E-state index contributed by atoms with van der Waals surface area (Å²) in [7, 11) is 4.21. The minimum absolute atomic E-state index is 0.547. The molecule has 0 bridgehead atoms. The Balaban J connectivity index is 2.22. The number of halogens is 1. The van der Waals surface area contributed by atoms with Gasteiger partial charge in [-0.3, -0.25) is 0 Å². The number of likely N-dealkylation sites (N-methyl/N-ethyl adjacent to an activating group) is 1. The summed E-state index contributed by atoms with van der Waals surface area (Å²) in [5, 5.41) is 3.52. The van der Waals surface area contributed by atoms with E-state index in [1.807, 2.05) is 0 Å². The van der Waals surface area contributed by atoms with Gasteiger partial charge >= 0.3 is 0 Å². The first-order valence-corrected chi connectivity index (χ1v) is 6.50. The molecule has 0 saturated carbocycles. The lowest BCUT2D eigenvalue weighted by Gasteiger charge is -2.18. The van der Waals surface area contributed by atoms with Crippen molar-refractivity contribution in [2.24, 2.45) is 0 Å². The Labute approximate surface area is 107 Å². The highest BCUT2D eigenvalue weighted by molar-refractivity contribution is 9.10. The van der Waals surface area contributed by atoms with E-state index in [9.17, 15) is 0 Å². The van der Waals surface area contributed by atoms with Crippen LogP contribution in [0.5, 0.6) is 0 Å². The molecule has 0 spiro atoms. The molecule has 0 aliphatic rings. The molecule has 0 heterocycles. The van der Waals surface area contributed by atoms with Crippen LogP contribution >= 0.6 is 15.9 Å². The first-order valence-electron chi connectivity index (χ1n) is 5.70. The van der Waals surface area contributed by atoms with Crippen LogP contribution in [0.25, 0.3) is 0 Å². The predicted molar refractivity (Wildman–Crippen MR) is 73.9 cm³/mol. The van der Waals surface area contributed by atoms with E-state index >= 15 is 0 Å². The van der Waals surface area contributed by atoms with E-state index in [4.69, 9.17) is 0 Å². The van der Waals surface area contributed by atoms with Gasteiger partial charge in [0, 0.05) is 17.1 Å². The molecule has 1 unspecified atom stereocenters. The molecule has 90 valence electrons. The molecule has 16 heavy (non-hydrogen) atoms. The summed E-state index contributed by atoms with van der Waals surface area (Å²) < 4.78 is 1.14. The van der Waals surface area contributed by atoms with Gasteiger partial charge in [0.1, 0.15) is 0 Å². The van der Waals surface area contributed by atoms with Crippen molar-refractivity contribution in [3.05, 3.63) is 34.3 Å². The van der Waals surface area contributed by atoms with Crippen LogP contribution in [0.3, 0.4) is 0 Å². The van der Waals surface area contributed by atoms with Crippen LogP contribution in [0.4, 0.5) is 0 Å². The highest BCUT2D eigenvalue weighted by atomic mass is 79.9. The number of nitrogens with zero attached hydrogens (tertiary/aromatic N) is 1. The molecule has 1 aromatic rings. The molecule has 0 radical (unpaired) electrons. The standard InChI is InChI=1S/C13H21BrN2/c1-11(10-16(2)3)15-9-8-12-4-6-13(14)7-5-12/h4-7,11,15H,8-10H2,1-3H3.